The fraction of sp³-hybridized carbons (Fsp3) is 0.647. The summed E-state index contributed by atoms with van der Waals surface area (Å²) in [5.74, 6) is 0.744. The van der Waals surface area contributed by atoms with E-state index in [1.165, 1.54) is 55.2 Å². The summed E-state index contributed by atoms with van der Waals surface area (Å²) in [5.41, 5.74) is 10.6. The van der Waals surface area contributed by atoms with Crippen molar-refractivity contribution in [2.75, 3.05) is 0 Å². The highest BCUT2D eigenvalue weighted by Crippen LogP contribution is 2.26. The minimum atomic E-state index is 0.351. The number of hydrogen-bond acceptors (Lipinski definition) is 1. The van der Waals surface area contributed by atoms with Gasteiger partial charge in [0.2, 0.25) is 0 Å². The quantitative estimate of drug-likeness (QED) is 0.796. The Kier molecular flexibility index (Phi) is 4.82. The molecule has 0 saturated heterocycles. The van der Waals surface area contributed by atoms with Crippen LogP contribution in [-0.2, 0) is 6.42 Å². The predicted octanol–water partition coefficient (Wildman–Crippen LogP) is 4.14. The van der Waals surface area contributed by atoms with Gasteiger partial charge in [0.15, 0.2) is 0 Å². The van der Waals surface area contributed by atoms with Gasteiger partial charge in [0.1, 0.15) is 0 Å². The summed E-state index contributed by atoms with van der Waals surface area (Å²) in [7, 11) is 0. The van der Waals surface area contributed by atoms with Crippen molar-refractivity contribution in [1.82, 2.24) is 0 Å². The zero-order chi connectivity index (χ0) is 13.0. The van der Waals surface area contributed by atoms with E-state index >= 15 is 0 Å². The average molecular weight is 245 g/mol. The van der Waals surface area contributed by atoms with Crippen LogP contribution in [0.2, 0.25) is 0 Å². The number of rotatable bonds is 3. The van der Waals surface area contributed by atoms with Crippen molar-refractivity contribution in [3.05, 3.63) is 34.9 Å². The maximum absolute atomic E-state index is 6.45. The number of aryl methyl sites for hydroxylation is 2. The molecule has 2 rings (SSSR count). The first-order chi connectivity index (χ1) is 8.65. The second-order valence-electron chi connectivity index (χ2n) is 6.12. The number of hydrogen-bond donors (Lipinski definition) is 1. The molecular formula is C17H27N. The first-order valence-corrected chi connectivity index (χ1v) is 7.48. The summed E-state index contributed by atoms with van der Waals surface area (Å²) in [6, 6.07) is 7.18. The van der Waals surface area contributed by atoms with Crippen LogP contribution in [0.5, 0.6) is 0 Å². The first kappa shape index (κ1) is 13.6. The highest BCUT2D eigenvalue weighted by atomic mass is 14.6. The third kappa shape index (κ3) is 3.84. The third-order valence-electron chi connectivity index (χ3n) is 4.26. The lowest BCUT2D eigenvalue weighted by Crippen LogP contribution is -2.32. The van der Waals surface area contributed by atoms with Gasteiger partial charge in [-0.2, -0.15) is 0 Å². The van der Waals surface area contributed by atoms with Gasteiger partial charge in [-0.25, -0.2) is 0 Å². The molecule has 0 amide bonds. The highest BCUT2D eigenvalue weighted by molar-refractivity contribution is 5.29. The summed E-state index contributed by atoms with van der Waals surface area (Å²) in [4.78, 5) is 0. The van der Waals surface area contributed by atoms with E-state index < -0.39 is 0 Å². The fourth-order valence-electron chi connectivity index (χ4n) is 3.36. The van der Waals surface area contributed by atoms with Gasteiger partial charge in [0.05, 0.1) is 0 Å². The summed E-state index contributed by atoms with van der Waals surface area (Å²) in [6.45, 7) is 4.35. The second-order valence-corrected chi connectivity index (χ2v) is 6.12. The van der Waals surface area contributed by atoms with Gasteiger partial charge in [-0.15, -0.1) is 0 Å². The SMILES string of the molecule is Cc1cc(C)cc(CC(N)C2CCCCCC2)c1. The Morgan fingerprint density at radius 3 is 2.11 bits per heavy atom. The minimum Gasteiger partial charge on any atom is -0.327 e. The molecule has 1 unspecified atom stereocenters. The molecule has 1 fully saturated rings. The Bertz CT molecular complexity index is 355. The van der Waals surface area contributed by atoms with E-state index in [-0.39, 0.29) is 0 Å². The molecule has 0 radical (unpaired) electrons. The van der Waals surface area contributed by atoms with Crippen molar-refractivity contribution < 1.29 is 0 Å². The zero-order valence-corrected chi connectivity index (χ0v) is 11.9. The molecule has 1 saturated carbocycles. The fourth-order valence-corrected chi connectivity index (χ4v) is 3.36. The highest BCUT2D eigenvalue weighted by Gasteiger charge is 2.19. The molecular weight excluding hydrogens is 218 g/mol. The molecule has 0 bridgehead atoms. The monoisotopic (exact) mass is 245 g/mol. The van der Waals surface area contributed by atoms with Gasteiger partial charge in [0.25, 0.3) is 0 Å². The lowest BCUT2D eigenvalue weighted by Gasteiger charge is -2.22. The predicted molar refractivity (Wildman–Crippen MR) is 78.8 cm³/mol. The van der Waals surface area contributed by atoms with Crippen LogP contribution in [-0.4, -0.2) is 6.04 Å². The molecule has 1 nitrogen and oxygen atoms in total. The van der Waals surface area contributed by atoms with Crippen LogP contribution >= 0.6 is 0 Å². The molecule has 1 heteroatoms. The Hall–Kier alpha value is -0.820. The summed E-state index contributed by atoms with van der Waals surface area (Å²) in [6.07, 6.45) is 9.31. The molecule has 0 aliphatic heterocycles. The molecule has 0 aromatic heterocycles. The Labute approximate surface area is 112 Å². The smallest absolute Gasteiger partial charge is 0.0108 e. The summed E-state index contributed by atoms with van der Waals surface area (Å²) >= 11 is 0. The molecule has 0 heterocycles. The van der Waals surface area contributed by atoms with E-state index in [1.54, 1.807) is 0 Å². The topological polar surface area (TPSA) is 26.0 Å². The molecule has 0 spiro atoms. The van der Waals surface area contributed by atoms with Crippen molar-refractivity contribution in [3.63, 3.8) is 0 Å². The van der Waals surface area contributed by atoms with Gasteiger partial charge in [-0.3, -0.25) is 0 Å². The van der Waals surface area contributed by atoms with E-state index in [9.17, 15) is 0 Å². The lowest BCUT2D eigenvalue weighted by atomic mass is 9.88. The minimum absolute atomic E-state index is 0.351. The number of benzene rings is 1. The molecule has 100 valence electrons. The van der Waals surface area contributed by atoms with Crippen LogP contribution in [0.15, 0.2) is 18.2 Å². The molecule has 1 aromatic rings. The molecule has 1 aromatic carbocycles. The molecule has 2 N–H and O–H groups in total. The Morgan fingerprint density at radius 1 is 1.00 bits per heavy atom. The van der Waals surface area contributed by atoms with Crippen molar-refractivity contribution in [1.29, 1.82) is 0 Å². The molecule has 1 aliphatic rings. The van der Waals surface area contributed by atoms with E-state index in [2.05, 4.69) is 32.0 Å². The van der Waals surface area contributed by atoms with Gasteiger partial charge in [-0.05, 0) is 44.6 Å². The van der Waals surface area contributed by atoms with Crippen LogP contribution in [0.4, 0.5) is 0 Å². The molecule has 1 aliphatic carbocycles. The van der Waals surface area contributed by atoms with E-state index in [4.69, 9.17) is 5.73 Å². The maximum atomic E-state index is 6.45. The van der Waals surface area contributed by atoms with Gasteiger partial charge >= 0.3 is 0 Å². The van der Waals surface area contributed by atoms with E-state index in [0.717, 1.165) is 12.3 Å². The summed E-state index contributed by atoms with van der Waals surface area (Å²) < 4.78 is 0. The van der Waals surface area contributed by atoms with Gasteiger partial charge < -0.3 is 5.73 Å². The first-order valence-electron chi connectivity index (χ1n) is 7.48. The van der Waals surface area contributed by atoms with E-state index in [0.29, 0.717) is 6.04 Å². The maximum Gasteiger partial charge on any atom is 0.0108 e. The van der Waals surface area contributed by atoms with Gasteiger partial charge in [0, 0.05) is 6.04 Å². The molecule has 1 atom stereocenters. The number of nitrogens with two attached hydrogens (primary N) is 1. The van der Waals surface area contributed by atoms with Crippen molar-refractivity contribution in [3.8, 4) is 0 Å². The van der Waals surface area contributed by atoms with Crippen LogP contribution in [0.3, 0.4) is 0 Å². The van der Waals surface area contributed by atoms with Crippen molar-refractivity contribution in [2.45, 2.75) is 64.8 Å². The van der Waals surface area contributed by atoms with Gasteiger partial charge in [-0.1, -0.05) is 55.0 Å². The third-order valence-corrected chi connectivity index (χ3v) is 4.26. The van der Waals surface area contributed by atoms with Crippen LogP contribution in [0.25, 0.3) is 0 Å². The lowest BCUT2D eigenvalue weighted by molar-refractivity contribution is 0.372. The Morgan fingerprint density at radius 2 is 1.56 bits per heavy atom. The van der Waals surface area contributed by atoms with Crippen LogP contribution in [0.1, 0.15) is 55.2 Å². The standard InChI is InChI=1S/C17H27N/c1-13-9-14(2)11-15(10-13)12-17(18)16-7-5-3-4-6-8-16/h9-11,16-17H,3-8,12,18H2,1-2H3. The molecule has 18 heavy (non-hydrogen) atoms. The Balaban J connectivity index is 1.98. The zero-order valence-electron chi connectivity index (χ0n) is 11.9. The normalized spacial score (nSPS) is 19.5. The average Bonchev–Trinajstić information content (AvgIpc) is 2.55. The largest absolute Gasteiger partial charge is 0.327 e. The van der Waals surface area contributed by atoms with Crippen LogP contribution < -0.4 is 5.73 Å². The summed E-state index contributed by atoms with van der Waals surface area (Å²) in [5, 5.41) is 0. The van der Waals surface area contributed by atoms with E-state index in [1.807, 2.05) is 0 Å². The second kappa shape index (κ2) is 6.38. The van der Waals surface area contributed by atoms with Crippen molar-refractivity contribution >= 4 is 0 Å². The van der Waals surface area contributed by atoms with Crippen LogP contribution in [0, 0.1) is 19.8 Å². The van der Waals surface area contributed by atoms with Crippen molar-refractivity contribution in [2.24, 2.45) is 11.7 Å².